The van der Waals surface area contributed by atoms with Crippen LogP contribution in [0, 0.1) is 5.92 Å². The van der Waals surface area contributed by atoms with Crippen LogP contribution in [0.3, 0.4) is 0 Å². The molecule has 0 bridgehead atoms. The van der Waals surface area contributed by atoms with Crippen molar-refractivity contribution in [2.45, 2.75) is 26.2 Å². The van der Waals surface area contributed by atoms with Crippen molar-refractivity contribution in [3.63, 3.8) is 0 Å². The van der Waals surface area contributed by atoms with Crippen LogP contribution in [0.25, 0.3) is 16.5 Å². The summed E-state index contributed by atoms with van der Waals surface area (Å²) >= 11 is 0. The maximum Gasteiger partial charge on any atom is 0.306 e. The third-order valence-electron chi connectivity index (χ3n) is 4.38. The molecular formula is C18H21NO3. The van der Waals surface area contributed by atoms with E-state index in [1.54, 1.807) is 0 Å². The Morgan fingerprint density at radius 3 is 2.91 bits per heavy atom. The van der Waals surface area contributed by atoms with Crippen molar-refractivity contribution in [1.82, 2.24) is 4.57 Å². The number of aryl methyl sites for hydroxylation is 1. The largest absolute Gasteiger partial charge is 0.494 e. The van der Waals surface area contributed by atoms with Gasteiger partial charge in [-0.1, -0.05) is 6.08 Å². The molecule has 3 rings (SSSR count). The molecule has 2 aromatic rings. The molecule has 1 aliphatic carbocycles. The molecule has 0 saturated carbocycles. The van der Waals surface area contributed by atoms with Crippen molar-refractivity contribution in [2.24, 2.45) is 13.0 Å². The zero-order chi connectivity index (χ0) is 15.7. The molecule has 0 aliphatic heterocycles. The fourth-order valence-electron chi connectivity index (χ4n) is 3.19. The summed E-state index contributed by atoms with van der Waals surface area (Å²) in [6, 6.07) is 6.15. The van der Waals surface area contributed by atoms with Gasteiger partial charge in [-0.25, -0.2) is 0 Å². The number of rotatable bonds is 4. The molecule has 1 aromatic carbocycles. The Hall–Kier alpha value is -2.23. The first kappa shape index (κ1) is 14.7. The van der Waals surface area contributed by atoms with Gasteiger partial charge in [0.05, 0.1) is 12.5 Å². The van der Waals surface area contributed by atoms with Gasteiger partial charge in [0.1, 0.15) is 5.75 Å². The van der Waals surface area contributed by atoms with Gasteiger partial charge in [-0.2, -0.15) is 0 Å². The highest BCUT2D eigenvalue weighted by Gasteiger charge is 2.22. The van der Waals surface area contributed by atoms with Crippen molar-refractivity contribution in [1.29, 1.82) is 0 Å². The number of fused-ring (bicyclic) bond motifs is 1. The predicted octanol–water partition coefficient (Wildman–Crippen LogP) is 3.85. The molecule has 0 spiro atoms. The lowest BCUT2D eigenvalue weighted by molar-refractivity contribution is -0.141. The minimum Gasteiger partial charge on any atom is -0.494 e. The summed E-state index contributed by atoms with van der Waals surface area (Å²) in [5, 5.41) is 10.3. The third-order valence-corrected chi connectivity index (χ3v) is 4.38. The monoisotopic (exact) mass is 299 g/mol. The second kappa shape index (κ2) is 5.87. The molecule has 1 aromatic heterocycles. The number of ether oxygens (including phenoxy) is 1. The number of nitrogens with zero attached hydrogens (tertiary/aromatic N) is 1. The average molecular weight is 299 g/mol. The number of carboxylic acid groups (broad SMARTS) is 1. The van der Waals surface area contributed by atoms with E-state index in [9.17, 15) is 4.79 Å². The predicted molar refractivity (Wildman–Crippen MR) is 87.0 cm³/mol. The SMILES string of the molecule is CCOc1ccc2c(c1)c(C1=CCC(C(=O)O)CC1)cn2C. The molecule has 1 N–H and O–H groups in total. The molecule has 116 valence electrons. The van der Waals surface area contributed by atoms with Crippen LogP contribution >= 0.6 is 0 Å². The lowest BCUT2D eigenvalue weighted by Crippen LogP contribution is -2.15. The van der Waals surface area contributed by atoms with Crippen LogP contribution in [0.2, 0.25) is 0 Å². The van der Waals surface area contributed by atoms with Crippen LogP contribution in [-0.2, 0) is 11.8 Å². The summed E-state index contributed by atoms with van der Waals surface area (Å²) in [5.74, 6) is -0.0492. The Bertz CT molecular complexity index is 742. The van der Waals surface area contributed by atoms with Gasteiger partial charge in [0.25, 0.3) is 0 Å². The maximum absolute atomic E-state index is 11.1. The van der Waals surface area contributed by atoms with E-state index in [0.29, 0.717) is 19.4 Å². The maximum atomic E-state index is 11.1. The highest BCUT2D eigenvalue weighted by atomic mass is 16.5. The molecule has 0 saturated heterocycles. The summed E-state index contributed by atoms with van der Waals surface area (Å²) < 4.78 is 7.72. The van der Waals surface area contributed by atoms with Crippen molar-refractivity contribution < 1.29 is 14.6 Å². The molecule has 0 radical (unpaired) electrons. The average Bonchev–Trinajstić information content (AvgIpc) is 2.84. The lowest BCUT2D eigenvalue weighted by atomic mass is 9.86. The van der Waals surface area contributed by atoms with Gasteiger partial charge in [0, 0.05) is 29.7 Å². The molecule has 4 nitrogen and oxygen atoms in total. The Morgan fingerprint density at radius 1 is 1.45 bits per heavy atom. The van der Waals surface area contributed by atoms with E-state index < -0.39 is 5.97 Å². The lowest BCUT2D eigenvalue weighted by Gasteiger charge is -2.18. The first-order chi connectivity index (χ1) is 10.6. The van der Waals surface area contributed by atoms with Crippen LogP contribution < -0.4 is 4.74 Å². The van der Waals surface area contributed by atoms with Crippen molar-refractivity contribution in [2.75, 3.05) is 6.61 Å². The molecule has 0 amide bonds. The van der Waals surface area contributed by atoms with Crippen LogP contribution in [0.15, 0.2) is 30.5 Å². The number of hydrogen-bond acceptors (Lipinski definition) is 2. The van der Waals surface area contributed by atoms with Crippen LogP contribution in [0.5, 0.6) is 5.75 Å². The number of carboxylic acids is 1. The van der Waals surface area contributed by atoms with E-state index in [0.717, 1.165) is 12.2 Å². The number of aromatic nitrogens is 1. The smallest absolute Gasteiger partial charge is 0.306 e. The van der Waals surface area contributed by atoms with Gasteiger partial charge in [0.15, 0.2) is 0 Å². The van der Waals surface area contributed by atoms with Gasteiger partial charge in [-0.05, 0) is 50.0 Å². The first-order valence-electron chi connectivity index (χ1n) is 7.74. The fraction of sp³-hybridized carbons (Fsp3) is 0.389. The van der Waals surface area contributed by atoms with Gasteiger partial charge in [0.2, 0.25) is 0 Å². The van der Waals surface area contributed by atoms with E-state index in [1.165, 1.54) is 22.0 Å². The van der Waals surface area contributed by atoms with E-state index >= 15 is 0 Å². The fourth-order valence-corrected chi connectivity index (χ4v) is 3.19. The summed E-state index contributed by atoms with van der Waals surface area (Å²) in [6.07, 6.45) is 6.36. The first-order valence-corrected chi connectivity index (χ1v) is 7.74. The summed E-state index contributed by atoms with van der Waals surface area (Å²) in [4.78, 5) is 11.1. The van der Waals surface area contributed by atoms with E-state index in [4.69, 9.17) is 9.84 Å². The third kappa shape index (κ3) is 2.61. The van der Waals surface area contributed by atoms with Crippen molar-refractivity contribution >= 4 is 22.4 Å². The summed E-state index contributed by atoms with van der Waals surface area (Å²) in [6.45, 7) is 2.63. The second-order valence-electron chi connectivity index (χ2n) is 5.80. The Morgan fingerprint density at radius 2 is 2.27 bits per heavy atom. The molecular weight excluding hydrogens is 278 g/mol. The highest BCUT2D eigenvalue weighted by molar-refractivity contribution is 5.94. The Kier molecular flexibility index (Phi) is 3.92. The second-order valence-corrected chi connectivity index (χ2v) is 5.80. The number of carbonyl (C=O) groups is 1. The quantitative estimate of drug-likeness (QED) is 0.933. The molecule has 4 heteroatoms. The van der Waals surface area contributed by atoms with Gasteiger partial charge in [-0.15, -0.1) is 0 Å². The Balaban J connectivity index is 2.00. The van der Waals surface area contributed by atoms with Gasteiger partial charge in [-0.3, -0.25) is 4.79 Å². The number of allylic oxidation sites excluding steroid dienone is 2. The van der Waals surface area contributed by atoms with E-state index in [1.807, 2.05) is 20.0 Å². The van der Waals surface area contributed by atoms with Crippen molar-refractivity contribution in [3.05, 3.63) is 36.0 Å². The Labute approximate surface area is 130 Å². The van der Waals surface area contributed by atoms with Crippen LogP contribution in [0.1, 0.15) is 31.7 Å². The number of aliphatic carboxylic acids is 1. The van der Waals surface area contributed by atoms with Crippen molar-refractivity contribution in [3.8, 4) is 5.75 Å². The molecule has 1 aliphatic rings. The van der Waals surface area contributed by atoms with E-state index in [-0.39, 0.29) is 5.92 Å². The standard InChI is InChI=1S/C18H21NO3/c1-3-22-14-8-9-17-15(10-14)16(11-19(17)2)12-4-6-13(7-5-12)18(20)21/h4,8-11,13H,3,5-7H2,1-2H3,(H,20,21). The molecule has 22 heavy (non-hydrogen) atoms. The minimum absolute atomic E-state index is 0.238. The molecule has 1 unspecified atom stereocenters. The minimum atomic E-state index is -0.688. The number of hydrogen-bond donors (Lipinski definition) is 1. The topological polar surface area (TPSA) is 51.5 Å². The van der Waals surface area contributed by atoms with E-state index in [2.05, 4.69) is 29.0 Å². The zero-order valence-corrected chi connectivity index (χ0v) is 13.0. The van der Waals surface area contributed by atoms with Crippen LogP contribution in [0.4, 0.5) is 0 Å². The normalized spacial score (nSPS) is 18.3. The molecule has 1 heterocycles. The van der Waals surface area contributed by atoms with Crippen LogP contribution in [-0.4, -0.2) is 22.2 Å². The summed E-state index contributed by atoms with van der Waals surface area (Å²) in [7, 11) is 2.04. The number of benzene rings is 1. The zero-order valence-electron chi connectivity index (χ0n) is 13.0. The molecule has 0 fully saturated rings. The molecule has 1 atom stereocenters. The highest BCUT2D eigenvalue weighted by Crippen LogP contribution is 2.36. The van der Waals surface area contributed by atoms with Gasteiger partial charge >= 0.3 is 5.97 Å². The summed E-state index contributed by atoms with van der Waals surface area (Å²) in [5.41, 5.74) is 3.61. The van der Waals surface area contributed by atoms with Gasteiger partial charge < -0.3 is 14.4 Å².